The summed E-state index contributed by atoms with van der Waals surface area (Å²) in [6, 6.07) is 13.9. The number of anilines is 1. The highest BCUT2D eigenvalue weighted by atomic mass is 35.5. The summed E-state index contributed by atoms with van der Waals surface area (Å²) in [5.41, 5.74) is 1.40. The van der Waals surface area contributed by atoms with E-state index in [-0.39, 0.29) is 5.69 Å². The molecule has 0 saturated heterocycles. The molecule has 1 N–H and O–H groups in total. The van der Waals surface area contributed by atoms with Crippen LogP contribution >= 0.6 is 11.6 Å². The third-order valence-electron chi connectivity index (χ3n) is 3.60. The quantitative estimate of drug-likeness (QED) is 0.681. The molecule has 3 rings (SSSR count). The van der Waals surface area contributed by atoms with Gasteiger partial charge in [-0.05, 0) is 49.4 Å². The third kappa shape index (κ3) is 3.97. The van der Waals surface area contributed by atoms with Gasteiger partial charge in [-0.1, -0.05) is 16.8 Å². The number of hydrogen-bond acceptors (Lipinski definition) is 5. The fraction of sp³-hybridized carbons (Fsp3) is 0.158. The summed E-state index contributed by atoms with van der Waals surface area (Å²) >= 11 is 5.97. The summed E-state index contributed by atoms with van der Waals surface area (Å²) in [6.45, 7) is 2.52. The van der Waals surface area contributed by atoms with Crippen molar-refractivity contribution in [1.82, 2.24) is 5.16 Å². The molecular formula is C19H17ClN2O4. The van der Waals surface area contributed by atoms with E-state index in [9.17, 15) is 4.79 Å². The molecule has 1 heterocycles. The predicted octanol–water partition coefficient (Wildman–Crippen LogP) is 4.65. The van der Waals surface area contributed by atoms with Crippen LogP contribution in [0.4, 0.5) is 5.69 Å². The lowest BCUT2D eigenvalue weighted by atomic mass is 10.1. The highest BCUT2D eigenvalue weighted by Crippen LogP contribution is 2.29. The second-order valence-electron chi connectivity index (χ2n) is 5.33. The highest BCUT2D eigenvalue weighted by Gasteiger charge is 2.16. The lowest BCUT2D eigenvalue weighted by Crippen LogP contribution is -2.12. The molecule has 26 heavy (non-hydrogen) atoms. The molecule has 6 nitrogen and oxygen atoms in total. The Morgan fingerprint density at radius 2 is 1.96 bits per heavy atom. The number of ether oxygens (including phenoxy) is 2. The van der Waals surface area contributed by atoms with E-state index < -0.39 is 5.91 Å². The third-order valence-corrected chi connectivity index (χ3v) is 3.84. The number of aromatic nitrogens is 1. The Kier molecular flexibility index (Phi) is 5.43. The van der Waals surface area contributed by atoms with Gasteiger partial charge >= 0.3 is 0 Å². The molecule has 0 bridgehead atoms. The molecule has 0 aliphatic heterocycles. The molecule has 1 aromatic heterocycles. The Morgan fingerprint density at radius 3 is 2.65 bits per heavy atom. The van der Waals surface area contributed by atoms with Crippen LogP contribution in [0.25, 0.3) is 11.3 Å². The number of hydrogen-bond donors (Lipinski definition) is 1. The van der Waals surface area contributed by atoms with Gasteiger partial charge in [0.1, 0.15) is 11.5 Å². The maximum absolute atomic E-state index is 12.4. The number of carbonyl (C=O) groups excluding carboxylic acids is 1. The fourth-order valence-corrected chi connectivity index (χ4v) is 2.54. The first-order valence-corrected chi connectivity index (χ1v) is 8.33. The van der Waals surface area contributed by atoms with Crippen LogP contribution in [0.15, 0.2) is 53.1 Å². The molecule has 0 unspecified atom stereocenters. The summed E-state index contributed by atoms with van der Waals surface area (Å²) < 4.78 is 15.9. The van der Waals surface area contributed by atoms with Crippen LogP contribution < -0.4 is 14.8 Å². The Hall–Kier alpha value is -2.99. The Balaban J connectivity index is 1.77. The van der Waals surface area contributed by atoms with Crippen LogP contribution in [-0.4, -0.2) is 24.8 Å². The first-order chi connectivity index (χ1) is 12.6. The van der Waals surface area contributed by atoms with Crippen molar-refractivity contribution >= 4 is 23.2 Å². The first-order valence-electron chi connectivity index (χ1n) is 7.95. The monoisotopic (exact) mass is 372 g/mol. The van der Waals surface area contributed by atoms with Crippen LogP contribution in [-0.2, 0) is 0 Å². The number of halogens is 1. The van der Waals surface area contributed by atoms with Crippen molar-refractivity contribution < 1.29 is 18.8 Å². The van der Waals surface area contributed by atoms with Crippen molar-refractivity contribution in [2.75, 3.05) is 19.0 Å². The van der Waals surface area contributed by atoms with E-state index in [4.69, 9.17) is 25.6 Å². The van der Waals surface area contributed by atoms with Gasteiger partial charge in [0.15, 0.2) is 11.5 Å². The van der Waals surface area contributed by atoms with Crippen LogP contribution in [0.5, 0.6) is 11.5 Å². The summed E-state index contributed by atoms with van der Waals surface area (Å²) in [5, 5.41) is 7.03. The van der Waals surface area contributed by atoms with E-state index in [1.165, 1.54) is 7.11 Å². The van der Waals surface area contributed by atoms with Gasteiger partial charge in [-0.2, -0.15) is 0 Å². The lowest BCUT2D eigenvalue weighted by molar-refractivity contribution is 0.101. The standard InChI is InChI=1S/C19H17ClN2O4/c1-3-25-14-7-4-12(5-8-14)18-11-16(22-26-18)19(23)21-15-10-13(20)6-9-17(15)24-2/h4-11H,3H2,1-2H3,(H,21,23). The van der Waals surface area contributed by atoms with Crippen LogP contribution in [0, 0.1) is 0 Å². The molecule has 1 amide bonds. The van der Waals surface area contributed by atoms with Crippen molar-refractivity contribution in [3.63, 3.8) is 0 Å². The average molecular weight is 373 g/mol. The largest absolute Gasteiger partial charge is 0.495 e. The molecule has 3 aromatic rings. The van der Waals surface area contributed by atoms with Crippen molar-refractivity contribution in [3.05, 3.63) is 59.2 Å². The lowest BCUT2D eigenvalue weighted by Gasteiger charge is -2.09. The number of nitrogens with one attached hydrogen (secondary N) is 1. The predicted molar refractivity (Wildman–Crippen MR) is 99.1 cm³/mol. The van der Waals surface area contributed by atoms with Crippen LogP contribution in [0.2, 0.25) is 5.02 Å². The molecule has 7 heteroatoms. The minimum atomic E-state index is -0.425. The van der Waals surface area contributed by atoms with Crippen molar-refractivity contribution in [2.45, 2.75) is 6.92 Å². The van der Waals surface area contributed by atoms with E-state index in [0.29, 0.717) is 28.8 Å². The van der Waals surface area contributed by atoms with E-state index in [1.807, 2.05) is 31.2 Å². The van der Waals surface area contributed by atoms with E-state index in [1.54, 1.807) is 24.3 Å². The number of rotatable bonds is 6. The first kappa shape index (κ1) is 17.8. The topological polar surface area (TPSA) is 73.6 Å². The number of benzene rings is 2. The van der Waals surface area contributed by atoms with Gasteiger partial charge in [0.25, 0.3) is 5.91 Å². The van der Waals surface area contributed by atoms with Gasteiger partial charge in [-0.15, -0.1) is 0 Å². The van der Waals surface area contributed by atoms with Crippen LogP contribution in [0.1, 0.15) is 17.4 Å². The zero-order valence-corrected chi connectivity index (χ0v) is 15.0. The maximum Gasteiger partial charge on any atom is 0.277 e. The second kappa shape index (κ2) is 7.93. The zero-order valence-electron chi connectivity index (χ0n) is 14.3. The molecule has 0 saturated carbocycles. The molecule has 0 atom stereocenters. The number of carbonyl (C=O) groups is 1. The van der Waals surface area contributed by atoms with Gasteiger partial charge < -0.3 is 19.3 Å². The summed E-state index contributed by atoms with van der Waals surface area (Å²) in [7, 11) is 1.51. The van der Waals surface area contributed by atoms with Gasteiger partial charge in [0.2, 0.25) is 0 Å². The van der Waals surface area contributed by atoms with E-state index in [2.05, 4.69) is 10.5 Å². The van der Waals surface area contributed by atoms with Crippen LogP contribution in [0.3, 0.4) is 0 Å². The fourth-order valence-electron chi connectivity index (χ4n) is 2.36. The summed E-state index contributed by atoms with van der Waals surface area (Å²) in [4.78, 5) is 12.4. The molecular weight excluding hydrogens is 356 g/mol. The molecule has 2 aromatic carbocycles. The Morgan fingerprint density at radius 1 is 1.19 bits per heavy atom. The zero-order chi connectivity index (χ0) is 18.5. The van der Waals surface area contributed by atoms with Gasteiger partial charge in [-0.25, -0.2) is 0 Å². The summed E-state index contributed by atoms with van der Waals surface area (Å²) in [6.07, 6.45) is 0. The van der Waals surface area contributed by atoms with Crippen molar-refractivity contribution in [2.24, 2.45) is 0 Å². The molecule has 0 aliphatic carbocycles. The van der Waals surface area contributed by atoms with Crippen molar-refractivity contribution in [3.8, 4) is 22.8 Å². The molecule has 0 radical (unpaired) electrons. The highest BCUT2D eigenvalue weighted by molar-refractivity contribution is 6.31. The molecule has 0 fully saturated rings. The SMILES string of the molecule is CCOc1ccc(-c2cc(C(=O)Nc3cc(Cl)ccc3OC)no2)cc1. The average Bonchev–Trinajstić information content (AvgIpc) is 3.13. The second-order valence-corrected chi connectivity index (χ2v) is 5.77. The maximum atomic E-state index is 12.4. The van der Waals surface area contributed by atoms with Gasteiger partial charge in [-0.3, -0.25) is 4.79 Å². The number of methoxy groups -OCH3 is 1. The molecule has 134 valence electrons. The molecule has 0 spiro atoms. The minimum absolute atomic E-state index is 0.149. The van der Waals surface area contributed by atoms with Gasteiger partial charge in [0, 0.05) is 16.7 Å². The Bertz CT molecular complexity index is 906. The number of amides is 1. The van der Waals surface area contributed by atoms with Crippen molar-refractivity contribution in [1.29, 1.82) is 0 Å². The summed E-state index contributed by atoms with van der Waals surface area (Å²) in [5.74, 6) is 1.32. The normalized spacial score (nSPS) is 10.4. The Labute approximate surface area is 155 Å². The van der Waals surface area contributed by atoms with E-state index >= 15 is 0 Å². The minimum Gasteiger partial charge on any atom is -0.495 e. The van der Waals surface area contributed by atoms with Gasteiger partial charge in [0.05, 0.1) is 19.4 Å². The van der Waals surface area contributed by atoms with E-state index in [0.717, 1.165) is 11.3 Å². The number of nitrogens with zero attached hydrogens (tertiary/aromatic N) is 1. The molecule has 0 aliphatic rings. The smallest absolute Gasteiger partial charge is 0.277 e.